The van der Waals surface area contributed by atoms with Crippen LogP contribution in [-0.2, 0) is 0 Å². The zero-order chi connectivity index (χ0) is 15.6. The largest absolute Gasteiger partial charge is 0.447 e. The highest BCUT2D eigenvalue weighted by molar-refractivity contribution is 5.54. The first-order chi connectivity index (χ1) is 9.91. The molecule has 0 amide bonds. The van der Waals surface area contributed by atoms with Gasteiger partial charge in [-0.1, -0.05) is 24.3 Å². The Labute approximate surface area is 121 Å². The van der Waals surface area contributed by atoms with Crippen molar-refractivity contribution < 1.29 is 14.1 Å². The van der Waals surface area contributed by atoms with Crippen molar-refractivity contribution in [3.05, 3.63) is 63.5 Å². The molecule has 2 aromatic rings. The maximum absolute atomic E-state index is 14.0. The highest BCUT2D eigenvalue weighted by Crippen LogP contribution is 2.37. The van der Waals surface area contributed by atoms with Crippen LogP contribution in [0.25, 0.3) is 0 Å². The van der Waals surface area contributed by atoms with Crippen molar-refractivity contribution in [3.63, 3.8) is 0 Å². The van der Waals surface area contributed by atoms with Gasteiger partial charge in [0, 0.05) is 17.2 Å². The molecule has 0 radical (unpaired) electrons. The molecule has 21 heavy (non-hydrogen) atoms. The summed E-state index contributed by atoms with van der Waals surface area (Å²) in [6.45, 7) is 3.28. The van der Waals surface area contributed by atoms with Crippen molar-refractivity contribution in [3.8, 4) is 11.5 Å². The molecule has 110 valence electrons. The van der Waals surface area contributed by atoms with Gasteiger partial charge >= 0.3 is 5.69 Å². The monoisotopic (exact) mass is 290 g/mol. The van der Waals surface area contributed by atoms with Gasteiger partial charge in [0.15, 0.2) is 11.6 Å². The Kier molecular flexibility index (Phi) is 4.18. The lowest BCUT2D eigenvalue weighted by Crippen LogP contribution is -2.08. The average molecular weight is 290 g/mol. The smallest absolute Gasteiger partial charge is 0.314 e. The number of nitrogens with two attached hydrogens (primary N) is 1. The molecule has 0 aliphatic rings. The fraction of sp³-hybridized carbons (Fsp3) is 0.200. The van der Waals surface area contributed by atoms with E-state index in [0.29, 0.717) is 11.1 Å². The van der Waals surface area contributed by atoms with Gasteiger partial charge in [-0.05, 0) is 26.0 Å². The minimum atomic E-state index is -0.611. The fourth-order valence-corrected chi connectivity index (χ4v) is 2.05. The van der Waals surface area contributed by atoms with Crippen LogP contribution >= 0.6 is 0 Å². The third kappa shape index (κ3) is 3.00. The SMILES string of the molecule is Cc1cccc(Oc2c(F)cccc2[C@H](C)N)c1[N+](=O)[O-]. The third-order valence-corrected chi connectivity index (χ3v) is 3.08. The van der Waals surface area contributed by atoms with Gasteiger partial charge in [-0.15, -0.1) is 0 Å². The van der Waals surface area contributed by atoms with Crippen LogP contribution in [0.15, 0.2) is 36.4 Å². The number of rotatable bonds is 4. The second-order valence-electron chi connectivity index (χ2n) is 4.73. The Morgan fingerprint density at radius 2 is 1.95 bits per heavy atom. The van der Waals surface area contributed by atoms with Gasteiger partial charge in [0.05, 0.1) is 4.92 Å². The second kappa shape index (κ2) is 5.88. The van der Waals surface area contributed by atoms with Crippen LogP contribution in [0.5, 0.6) is 11.5 Å². The maximum atomic E-state index is 14.0. The topological polar surface area (TPSA) is 78.4 Å². The first-order valence-corrected chi connectivity index (χ1v) is 6.37. The predicted octanol–water partition coefficient (Wildman–Crippen LogP) is 3.85. The zero-order valence-corrected chi connectivity index (χ0v) is 11.7. The highest BCUT2D eigenvalue weighted by atomic mass is 19.1. The van der Waals surface area contributed by atoms with Crippen LogP contribution in [-0.4, -0.2) is 4.92 Å². The van der Waals surface area contributed by atoms with Crippen molar-refractivity contribution in [2.75, 3.05) is 0 Å². The molecule has 2 N–H and O–H groups in total. The fourth-order valence-electron chi connectivity index (χ4n) is 2.05. The molecule has 0 unspecified atom stereocenters. The Hall–Kier alpha value is -2.47. The second-order valence-corrected chi connectivity index (χ2v) is 4.73. The zero-order valence-electron chi connectivity index (χ0n) is 11.7. The summed E-state index contributed by atoms with van der Waals surface area (Å²) in [6.07, 6.45) is 0. The summed E-state index contributed by atoms with van der Waals surface area (Å²) in [5.41, 5.74) is 6.49. The van der Waals surface area contributed by atoms with Gasteiger partial charge in [0.1, 0.15) is 0 Å². The standard InChI is InChI=1S/C15H15FN2O3/c1-9-5-3-8-13(14(9)18(19)20)21-15-11(10(2)17)6-4-7-12(15)16/h3-8,10H,17H2,1-2H3/t10-/m0/s1. The molecule has 2 aromatic carbocycles. The van der Waals surface area contributed by atoms with E-state index < -0.39 is 16.8 Å². The summed E-state index contributed by atoms with van der Waals surface area (Å²) in [7, 11) is 0. The van der Waals surface area contributed by atoms with Gasteiger partial charge in [-0.2, -0.15) is 0 Å². The molecule has 0 spiro atoms. The molecule has 0 saturated heterocycles. The van der Waals surface area contributed by atoms with Gasteiger partial charge in [0.2, 0.25) is 5.75 Å². The lowest BCUT2D eigenvalue weighted by Gasteiger charge is -2.14. The van der Waals surface area contributed by atoms with E-state index >= 15 is 0 Å². The first-order valence-electron chi connectivity index (χ1n) is 6.37. The molecule has 0 aromatic heterocycles. The molecule has 5 nitrogen and oxygen atoms in total. The summed E-state index contributed by atoms with van der Waals surface area (Å²) >= 11 is 0. The molecule has 1 atom stereocenters. The van der Waals surface area contributed by atoms with E-state index in [1.54, 1.807) is 32.0 Å². The van der Waals surface area contributed by atoms with Crippen LogP contribution in [0.2, 0.25) is 0 Å². The van der Waals surface area contributed by atoms with Crippen LogP contribution in [0.1, 0.15) is 24.1 Å². The molecular formula is C15H15FN2O3. The van der Waals surface area contributed by atoms with E-state index in [0.717, 1.165) is 0 Å². The average Bonchev–Trinajstić information content (AvgIpc) is 2.40. The van der Waals surface area contributed by atoms with E-state index in [4.69, 9.17) is 10.5 Å². The Morgan fingerprint density at radius 3 is 2.57 bits per heavy atom. The number of nitro benzene ring substituents is 1. The Bertz CT molecular complexity index is 687. The van der Waals surface area contributed by atoms with Crippen molar-refractivity contribution in [1.29, 1.82) is 0 Å². The molecule has 0 saturated carbocycles. The number of nitro groups is 1. The maximum Gasteiger partial charge on any atom is 0.314 e. The molecule has 6 heteroatoms. The number of hydrogen-bond acceptors (Lipinski definition) is 4. The summed E-state index contributed by atoms with van der Waals surface area (Å²) in [5, 5.41) is 11.1. The number of hydrogen-bond donors (Lipinski definition) is 1. The Morgan fingerprint density at radius 1 is 1.29 bits per heavy atom. The minimum Gasteiger partial charge on any atom is -0.447 e. The van der Waals surface area contributed by atoms with E-state index in [1.807, 2.05) is 0 Å². The lowest BCUT2D eigenvalue weighted by atomic mass is 10.1. The molecule has 0 bridgehead atoms. The first kappa shape index (κ1) is 14.9. The van der Waals surface area contributed by atoms with Gasteiger partial charge in [-0.3, -0.25) is 10.1 Å². The summed E-state index contributed by atoms with van der Waals surface area (Å²) < 4.78 is 19.5. The van der Waals surface area contributed by atoms with Crippen LogP contribution < -0.4 is 10.5 Å². The summed E-state index contributed by atoms with van der Waals surface area (Å²) in [6, 6.07) is 8.56. The molecule has 2 rings (SSSR count). The summed E-state index contributed by atoms with van der Waals surface area (Å²) in [4.78, 5) is 10.6. The van der Waals surface area contributed by atoms with Gasteiger partial charge in [0.25, 0.3) is 0 Å². The quantitative estimate of drug-likeness (QED) is 0.685. The van der Waals surface area contributed by atoms with Crippen LogP contribution in [0.3, 0.4) is 0 Å². The molecular weight excluding hydrogens is 275 g/mol. The number of halogens is 1. The number of nitrogens with zero attached hydrogens (tertiary/aromatic N) is 1. The van der Waals surface area contributed by atoms with Crippen molar-refractivity contribution in [2.45, 2.75) is 19.9 Å². The number of aryl methyl sites for hydroxylation is 1. The van der Waals surface area contributed by atoms with Gasteiger partial charge in [-0.25, -0.2) is 4.39 Å². The number of para-hydroxylation sites is 2. The van der Waals surface area contributed by atoms with E-state index in [2.05, 4.69) is 0 Å². The Balaban J connectivity index is 2.54. The van der Waals surface area contributed by atoms with E-state index in [1.165, 1.54) is 18.2 Å². The summed E-state index contributed by atoms with van der Waals surface area (Å²) in [5.74, 6) is -0.700. The third-order valence-electron chi connectivity index (χ3n) is 3.08. The van der Waals surface area contributed by atoms with Crippen molar-refractivity contribution in [1.82, 2.24) is 0 Å². The molecule has 0 aliphatic carbocycles. The van der Waals surface area contributed by atoms with Crippen molar-refractivity contribution >= 4 is 5.69 Å². The van der Waals surface area contributed by atoms with E-state index in [-0.39, 0.29) is 17.2 Å². The highest BCUT2D eigenvalue weighted by Gasteiger charge is 2.22. The molecule has 0 fully saturated rings. The normalized spacial score (nSPS) is 12.0. The lowest BCUT2D eigenvalue weighted by molar-refractivity contribution is -0.386. The minimum absolute atomic E-state index is 0.00741. The number of benzene rings is 2. The van der Waals surface area contributed by atoms with Gasteiger partial charge < -0.3 is 10.5 Å². The predicted molar refractivity (Wildman–Crippen MR) is 76.9 cm³/mol. The van der Waals surface area contributed by atoms with E-state index in [9.17, 15) is 14.5 Å². The van der Waals surface area contributed by atoms with Crippen LogP contribution in [0, 0.1) is 22.9 Å². The molecule has 0 heterocycles. The number of ether oxygens (including phenoxy) is 1. The van der Waals surface area contributed by atoms with Crippen LogP contribution in [0.4, 0.5) is 10.1 Å². The molecule has 0 aliphatic heterocycles. The van der Waals surface area contributed by atoms with Crippen molar-refractivity contribution in [2.24, 2.45) is 5.73 Å².